The fraction of sp³-hybridized carbons (Fsp3) is 0.536. The number of carbonyl (C=O) groups excluding carboxylic acids is 4. The first-order chi connectivity index (χ1) is 34.0. The minimum atomic E-state index is -0.898. The lowest BCUT2D eigenvalue weighted by Gasteiger charge is -2.63. The molecule has 4 N–H and O–H groups in total. The van der Waals surface area contributed by atoms with Gasteiger partial charge in [-0.1, -0.05) is 96.5 Å². The van der Waals surface area contributed by atoms with Gasteiger partial charge in [-0.05, 0) is 92.4 Å². The Morgan fingerprint density at radius 3 is 2.22 bits per heavy atom. The molecule has 1 saturated carbocycles. The Labute approximate surface area is 433 Å². The molecule has 4 fully saturated rings. The number of hydrogen-bond donors (Lipinski definition) is 4. The second-order valence-electron chi connectivity index (χ2n) is 22.8. The highest BCUT2D eigenvalue weighted by atomic mass is 35.5. The van der Waals surface area contributed by atoms with E-state index in [4.69, 9.17) is 16.3 Å². The van der Waals surface area contributed by atoms with Gasteiger partial charge in [-0.15, -0.1) is 11.3 Å². The van der Waals surface area contributed by atoms with Gasteiger partial charge in [-0.3, -0.25) is 29.0 Å². The SMILES string of the molecule is Cc1ncsc1-c1ccc([C@H](C)NC(=O)[C@@H]2C[C@@H](O)CN2C(=O)C(NC(=O)CN2CC3CCC(C2)N3CCCc2ccc(C(=O)NC3C(C)(C)C(Oc4ccc(C#N)c(Cl)c4)C3(C)C)cc2)C(C)(C)C)cc1. The molecule has 1 aromatic heterocycles. The van der Waals surface area contributed by atoms with Gasteiger partial charge in [0.05, 0.1) is 45.4 Å². The number of aliphatic hydroxyl groups is 1. The molecule has 3 unspecified atom stereocenters. The quantitative estimate of drug-likeness (QED) is 0.0869. The summed E-state index contributed by atoms with van der Waals surface area (Å²) in [4.78, 5) is 67.2. The highest BCUT2D eigenvalue weighted by Crippen LogP contribution is 2.55. The number of thiazole rings is 1. The van der Waals surface area contributed by atoms with Crippen molar-refractivity contribution >= 4 is 46.6 Å². The Bertz CT molecular complexity index is 2650. The minimum absolute atomic E-state index is 0.0143. The van der Waals surface area contributed by atoms with Crippen LogP contribution in [0.2, 0.25) is 5.02 Å². The second kappa shape index (κ2) is 21.2. The molecular weight excluding hydrogens is 948 g/mol. The van der Waals surface area contributed by atoms with Gasteiger partial charge in [0.1, 0.15) is 30.0 Å². The maximum atomic E-state index is 14.4. The highest BCUT2D eigenvalue weighted by molar-refractivity contribution is 7.13. The second-order valence-corrected chi connectivity index (χ2v) is 24.1. The molecule has 3 aromatic carbocycles. The summed E-state index contributed by atoms with van der Waals surface area (Å²) in [6, 6.07) is 21.5. The lowest BCUT2D eigenvalue weighted by molar-refractivity contribution is -0.164. The fourth-order valence-corrected chi connectivity index (χ4v) is 13.1. The summed E-state index contributed by atoms with van der Waals surface area (Å²) in [6.07, 6.45) is 3.05. The molecule has 72 heavy (non-hydrogen) atoms. The molecular formula is C56H71ClN8O6S. The zero-order valence-corrected chi connectivity index (χ0v) is 44.7. The lowest BCUT2D eigenvalue weighted by Crippen LogP contribution is -2.74. The summed E-state index contributed by atoms with van der Waals surface area (Å²) in [5.41, 5.74) is 5.56. The number of piperazine rings is 1. The third kappa shape index (κ3) is 11.2. The predicted octanol–water partition coefficient (Wildman–Crippen LogP) is 7.71. The van der Waals surface area contributed by atoms with Crippen LogP contribution < -0.4 is 20.7 Å². The summed E-state index contributed by atoms with van der Waals surface area (Å²) >= 11 is 7.86. The van der Waals surface area contributed by atoms with Crippen molar-refractivity contribution in [1.82, 2.24) is 35.6 Å². The molecule has 4 aliphatic rings. The molecule has 384 valence electrons. The Hall–Kier alpha value is -5.37. The number of hydrogen-bond acceptors (Lipinski definition) is 11. The largest absolute Gasteiger partial charge is 0.489 e. The summed E-state index contributed by atoms with van der Waals surface area (Å²) in [5.74, 6) is -0.476. The van der Waals surface area contributed by atoms with Crippen molar-refractivity contribution < 1.29 is 29.0 Å². The van der Waals surface area contributed by atoms with E-state index in [2.05, 4.69) is 64.5 Å². The van der Waals surface area contributed by atoms with E-state index in [1.807, 2.05) is 88.7 Å². The number of aromatic nitrogens is 1. The Kier molecular flexibility index (Phi) is 15.6. The maximum absolute atomic E-state index is 14.4. The molecule has 16 heteroatoms. The summed E-state index contributed by atoms with van der Waals surface area (Å²) in [6.45, 7) is 20.6. The van der Waals surface area contributed by atoms with E-state index in [0.717, 1.165) is 67.0 Å². The van der Waals surface area contributed by atoms with Crippen LogP contribution in [0.1, 0.15) is 120 Å². The molecule has 8 rings (SSSR count). The van der Waals surface area contributed by atoms with Crippen LogP contribution in [0.25, 0.3) is 10.4 Å². The summed E-state index contributed by atoms with van der Waals surface area (Å²) in [7, 11) is 0. The van der Waals surface area contributed by atoms with Gasteiger partial charge >= 0.3 is 0 Å². The van der Waals surface area contributed by atoms with Crippen molar-refractivity contribution in [3.63, 3.8) is 0 Å². The number of ether oxygens (including phenoxy) is 1. The van der Waals surface area contributed by atoms with Crippen molar-refractivity contribution in [3.8, 4) is 22.3 Å². The van der Waals surface area contributed by atoms with Gasteiger partial charge in [0.25, 0.3) is 5.91 Å². The average molecular weight is 1020 g/mol. The zero-order valence-electron chi connectivity index (χ0n) is 43.1. The molecule has 0 spiro atoms. The number of halogens is 1. The molecule has 14 nitrogen and oxygen atoms in total. The van der Waals surface area contributed by atoms with Crippen LogP contribution in [0.15, 0.2) is 72.2 Å². The van der Waals surface area contributed by atoms with Gasteiger partial charge in [0.2, 0.25) is 17.7 Å². The number of nitrogens with one attached hydrogen (secondary N) is 3. The number of nitriles is 1. The molecule has 3 saturated heterocycles. The van der Waals surface area contributed by atoms with Crippen molar-refractivity contribution in [2.45, 2.75) is 143 Å². The molecule has 0 radical (unpaired) electrons. The van der Waals surface area contributed by atoms with Crippen LogP contribution in [0.4, 0.5) is 0 Å². The van der Waals surface area contributed by atoms with Crippen LogP contribution in [-0.2, 0) is 20.8 Å². The third-order valence-corrected chi connectivity index (χ3v) is 17.0. The van der Waals surface area contributed by atoms with Crippen molar-refractivity contribution in [1.29, 1.82) is 5.26 Å². The lowest BCUT2D eigenvalue weighted by atomic mass is 9.49. The van der Waals surface area contributed by atoms with Crippen LogP contribution in [0.5, 0.6) is 5.75 Å². The van der Waals surface area contributed by atoms with E-state index in [0.29, 0.717) is 34.0 Å². The fourth-order valence-electron chi connectivity index (χ4n) is 12.1. The number of β-amino-alcohol motifs (C(OH)–C–C–N with tert-alkyl or cyclic N) is 1. The molecule has 6 atom stereocenters. The van der Waals surface area contributed by atoms with E-state index in [1.54, 1.807) is 29.5 Å². The minimum Gasteiger partial charge on any atom is -0.489 e. The molecule has 4 amide bonds. The standard InChI is InChI=1S/C56H71ClN8O6S/c1-33(36-16-18-37(19-17-36)47-34(2)59-32-72-47)60-50(69)45-25-42(66)30-65(45)51(70)48(54(3,4)5)61-46(67)31-63-28-40-21-22-41(29-63)64(40)24-10-11-35-12-14-38(15-13-35)49(68)62-52-55(6,7)53(56(52,8)9)71-43-23-20-39(27-58)44(57)26-43/h12-20,23,26,32-33,40-42,45,48,52-53,66H,10-11,21-22,24-25,28-31H2,1-9H3,(H,60,69)(H,61,67)(H,62,68)/t33-,40?,41?,42+,45-,48?,52?,53?/m0/s1. The van der Waals surface area contributed by atoms with E-state index >= 15 is 0 Å². The van der Waals surface area contributed by atoms with Crippen LogP contribution in [-0.4, -0.2) is 124 Å². The monoisotopic (exact) mass is 1020 g/mol. The van der Waals surface area contributed by atoms with E-state index in [-0.39, 0.29) is 72.2 Å². The Balaban J connectivity index is 0.789. The molecule has 3 aliphatic heterocycles. The van der Waals surface area contributed by atoms with Crippen LogP contribution in [0.3, 0.4) is 0 Å². The molecule has 4 heterocycles. The van der Waals surface area contributed by atoms with Gasteiger partial charge in [-0.2, -0.15) is 5.26 Å². The normalized spacial score (nSPS) is 24.4. The first-order valence-electron chi connectivity index (χ1n) is 25.4. The van der Waals surface area contributed by atoms with E-state index in [1.165, 1.54) is 10.5 Å². The van der Waals surface area contributed by atoms with Crippen LogP contribution >= 0.6 is 22.9 Å². The number of benzene rings is 3. The molecule has 1 aliphatic carbocycles. The first-order valence-corrected chi connectivity index (χ1v) is 26.6. The van der Waals surface area contributed by atoms with Crippen molar-refractivity contribution in [2.75, 3.05) is 32.7 Å². The number of likely N-dealkylation sites (tertiary alicyclic amines) is 2. The maximum Gasteiger partial charge on any atom is 0.251 e. The van der Waals surface area contributed by atoms with Crippen molar-refractivity contribution in [3.05, 3.63) is 105 Å². The number of carbonyl (C=O) groups is 4. The number of amides is 4. The Morgan fingerprint density at radius 1 is 0.958 bits per heavy atom. The van der Waals surface area contributed by atoms with Gasteiger partial charge < -0.3 is 30.7 Å². The summed E-state index contributed by atoms with van der Waals surface area (Å²) in [5, 5.41) is 29.8. The van der Waals surface area contributed by atoms with E-state index in [9.17, 15) is 29.5 Å². The highest BCUT2D eigenvalue weighted by Gasteiger charge is 2.64. The zero-order chi connectivity index (χ0) is 51.9. The smallest absolute Gasteiger partial charge is 0.251 e. The number of fused-ring (bicyclic) bond motifs is 2. The number of rotatable bonds is 16. The Morgan fingerprint density at radius 2 is 1.62 bits per heavy atom. The predicted molar refractivity (Wildman–Crippen MR) is 280 cm³/mol. The number of aryl methyl sites for hydroxylation is 2. The molecule has 4 aromatic rings. The average Bonchev–Trinajstić information content (AvgIpc) is 4.02. The topological polar surface area (TPSA) is 180 Å². The van der Waals surface area contributed by atoms with Gasteiger partial charge in [-0.25, -0.2) is 4.98 Å². The first kappa shape index (κ1) is 52.9. The third-order valence-electron chi connectivity index (χ3n) is 15.7. The number of nitrogens with zero attached hydrogens (tertiary/aromatic N) is 5. The molecule has 2 bridgehead atoms. The van der Waals surface area contributed by atoms with Gasteiger partial charge in [0.15, 0.2) is 0 Å². The number of aliphatic hydroxyl groups excluding tert-OH is 1. The van der Waals surface area contributed by atoms with Crippen molar-refractivity contribution in [2.24, 2.45) is 16.2 Å². The van der Waals surface area contributed by atoms with E-state index < -0.39 is 23.6 Å². The summed E-state index contributed by atoms with van der Waals surface area (Å²) < 4.78 is 6.40. The van der Waals surface area contributed by atoms with Crippen LogP contribution in [0, 0.1) is 34.5 Å². The van der Waals surface area contributed by atoms with Gasteiger partial charge in [0, 0.05) is 66.6 Å².